The van der Waals surface area contributed by atoms with Crippen molar-refractivity contribution in [3.8, 4) is 24.7 Å². The van der Waals surface area contributed by atoms with Crippen LogP contribution in [0.1, 0.15) is 75.2 Å². The number of rotatable bonds is 5. The molecule has 10 heteroatoms. The number of hydrogen-bond donors (Lipinski definition) is 1. The molecule has 0 unspecified atom stereocenters. The summed E-state index contributed by atoms with van der Waals surface area (Å²) in [6, 6.07) is 0. The predicted octanol–water partition coefficient (Wildman–Crippen LogP) is 3.99. The molecule has 34 heavy (non-hydrogen) atoms. The molecule has 0 bridgehead atoms. The second-order valence-corrected chi connectivity index (χ2v) is 7.90. The molecular weight excluding hydrogens is 480 g/mol. The van der Waals surface area contributed by atoms with E-state index in [9.17, 15) is 9.59 Å². The van der Waals surface area contributed by atoms with E-state index in [0.29, 0.717) is 19.4 Å². The number of carboxylic acids is 1. The van der Waals surface area contributed by atoms with Crippen LogP contribution in [0.3, 0.4) is 0 Å². The molecular formula is C24H44O8S2. The maximum absolute atomic E-state index is 11.3. The molecule has 0 aromatic carbocycles. The van der Waals surface area contributed by atoms with Crippen LogP contribution in [0, 0.1) is 24.7 Å². The van der Waals surface area contributed by atoms with Crippen LogP contribution in [-0.2, 0) is 33.3 Å². The van der Waals surface area contributed by atoms with Crippen molar-refractivity contribution in [1.29, 1.82) is 0 Å². The first-order valence-electron chi connectivity index (χ1n) is 9.90. The first-order chi connectivity index (χ1) is 13.9. The molecule has 1 N–H and O–H groups in total. The maximum Gasteiger partial charge on any atom is 0.308 e. The molecule has 4 atom stereocenters. The Bertz CT molecular complexity index is 681. The molecule has 2 aliphatic rings. The topological polar surface area (TPSA) is 101 Å². The second kappa shape index (κ2) is 18.0. The molecule has 0 spiro atoms. The first kappa shape index (κ1) is 39.8. The van der Waals surface area contributed by atoms with E-state index in [0.717, 1.165) is 0 Å². The van der Waals surface area contributed by atoms with Crippen molar-refractivity contribution in [1.82, 2.24) is 0 Å². The second-order valence-electron chi connectivity index (χ2n) is 7.90. The highest BCUT2D eigenvalue weighted by atomic mass is 32.1. The molecule has 2 rings (SSSR count). The van der Waals surface area contributed by atoms with Crippen LogP contribution in [0.15, 0.2) is 0 Å². The number of terminal acetylenes is 2. The lowest BCUT2D eigenvalue weighted by Crippen LogP contribution is -2.44. The minimum atomic E-state index is -0.886. The Balaban J connectivity index is -0.000000238. The normalized spacial score (nSPS) is 25.9. The first-order valence-corrected chi connectivity index (χ1v) is 9.90. The van der Waals surface area contributed by atoms with E-state index in [1.165, 1.54) is 0 Å². The van der Waals surface area contributed by atoms with Gasteiger partial charge in [0, 0.05) is 12.8 Å². The van der Waals surface area contributed by atoms with Crippen LogP contribution < -0.4 is 0 Å². The monoisotopic (exact) mass is 524 g/mol. The largest absolute Gasteiger partial charge is 0.481 e. The van der Waals surface area contributed by atoms with Gasteiger partial charge in [-0.2, -0.15) is 27.0 Å². The number of carboxylic acid groups (broad SMARTS) is 1. The van der Waals surface area contributed by atoms with Gasteiger partial charge in [-0.3, -0.25) is 9.59 Å². The molecule has 2 heterocycles. The van der Waals surface area contributed by atoms with Crippen LogP contribution >= 0.6 is 27.0 Å². The van der Waals surface area contributed by atoms with E-state index in [-0.39, 0.29) is 85.1 Å². The summed E-state index contributed by atoms with van der Waals surface area (Å²) in [4.78, 5) is 21.8. The predicted molar refractivity (Wildman–Crippen MR) is 142 cm³/mol. The molecule has 0 aromatic heterocycles. The van der Waals surface area contributed by atoms with Gasteiger partial charge >= 0.3 is 11.9 Å². The summed E-state index contributed by atoms with van der Waals surface area (Å²) in [6.45, 7) is 9.18. The summed E-state index contributed by atoms with van der Waals surface area (Å²) >= 11 is 0. The zero-order valence-electron chi connectivity index (χ0n) is 19.3. The van der Waals surface area contributed by atoms with Crippen LogP contribution in [-0.4, -0.2) is 59.6 Å². The highest BCUT2D eigenvalue weighted by Gasteiger charge is 2.36. The van der Waals surface area contributed by atoms with Crippen LogP contribution in [0.2, 0.25) is 0 Å². The summed E-state index contributed by atoms with van der Waals surface area (Å²) in [6.07, 6.45) is 10.5. The fraction of sp³-hybridized carbons (Fsp3) is 0.750. The van der Waals surface area contributed by atoms with E-state index in [1.54, 1.807) is 34.6 Å². The molecule has 0 radical (unpaired) electrons. The van der Waals surface area contributed by atoms with Crippen LogP contribution in [0.4, 0.5) is 0 Å². The molecule has 0 aliphatic carbocycles. The van der Waals surface area contributed by atoms with Crippen molar-refractivity contribution < 1.29 is 38.4 Å². The fourth-order valence-corrected chi connectivity index (χ4v) is 3.27. The van der Waals surface area contributed by atoms with Crippen molar-refractivity contribution in [2.24, 2.45) is 0 Å². The Morgan fingerprint density at radius 3 is 1.59 bits per heavy atom. The quantitative estimate of drug-likeness (QED) is 0.426. The zero-order valence-corrected chi connectivity index (χ0v) is 21.3. The number of hydrogen-bond acceptors (Lipinski definition) is 7. The number of esters is 1. The van der Waals surface area contributed by atoms with Crippen molar-refractivity contribution in [3.63, 3.8) is 0 Å². The maximum atomic E-state index is 11.3. The number of carbonyl (C=O) groups is 2. The summed E-state index contributed by atoms with van der Waals surface area (Å²) < 4.78 is 26.8. The van der Waals surface area contributed by atoms with Crippen molar-refractivity contribution in [2.45, 2.75) is 111 Å². The Labute approximate surface area is 219 Å². The Morgan fingerprint density at radius 1 is 0.882 bits per heavy atom. The van der Waals surface area contributed by atoms with Crippen molar-refractivity contribution in [3.05, 3.63) is 0 Å². The average Bonchev–Trinajstić information content (AvgIpc) is 2.58. The van der Waals surface area contributed by atoms with Gasteiger partial charge in [-0.1, -0.05) is 26.7 Å². The smallest absolute Gasteiger partial charge is 0.308 e. The van der Waals surface area contributed by atoms with Gasteiger partial charge in [0.15, 0.2) is 11.6 Å². The Kier molecular flexibility index (Phi) is 21.0. The van der Waals surface area contributed by atoms with Gasteiger partial charge in [0.25, 0.3) is 0 Å². The summed E-state index contributed by atoms with van der Waals surface area (Å²) in [5, 5.41) is 8.62. The van der Waals surface area contributed by atoms with Gasteiger partial charge in [0.05, 0.1) is 31.7 Å². The highest BCUT2D eigenvalue weighted by molar-refractivity contribution is 7.59. The van der Waals surface area contributed by atoms with Gasteiger partial charge < -0.3 is 28.8 Å². The fourth-order valence-electron chi connectivity index (χ4n) is 3.27. The molecule has 8 nitrogen and oxygen atoms in total. The van der Waals surface area contributed by atoms with Gasteiger partial charge in [-0.15, -0.1) is 12.8 Å². The van der Waals surface area contributed by atoms with Gasteiger partial charge in [0.1, 0.15) is 12.2 Å². The molecule has 200 valence electrons. The lowest BCUT2D eigenvalue weighted by Gasteiger charge is -2.38. The minimum Gasteiger partial charge on any atom is -0.481 e. The van der Waals surface area contributed by atoms with E-state index >= 15 is 0 Å². The summed E-state index contributed by atoms with van der Waals surface area (Å²) in [5.41, 5.74) is 0. The summed E-state index contributed by atoms with van der Waals surface area (Å²) in [5.74, 6) is 2.32. The molecule has 2 saturated heterocycles. The van der Waals surface area contributed by atoms with E-state index in [1.807, 2.05) is 0 Å². The zero-order chi connectivity index (χ0) is 22.9. The van der Waals surface area contributed by atoms with Gasteiger partial charge in [0.2, 0.25) is 0 Å². The summed E-state index contributed by atoms with van der Waals surface area (Å²) in [7, 11) is 0. The SMILES string of the molecule is C.C.C#C[C@@H]1C[C@H](CC(=O)O)OC(C)(C)O1.C#C[C@@H]1C[C@H](CC(=O)OCC)OC(C)(C)O1.S.S. The molecule has 2 aliphatic heterocycles. The third kappa shape index (κ3) is 15.5. The molecule has 0 amide bonds. The molecule has 0 aromatic rings. The third-order valence-corrected chi connectivity index (χ3v) is 4.18. The lowest BCUT2D eigenvalue weighted by molar-refractivity contribution is -0.289. The van der Waals surface area contributed by atoms with E-state index in [2.05, 4.69) is 11.8 Å². The van der Waals surface area contributed by atoms with Gasteiger partial charge in [-0.25, -0.2) is 0 Å². The standard InChI is InChI=1S/C12H18O4.C10H14O4.2CH4.2H2S/c1-5-9-7-10(8-11(13)14-6-2)16-12(3,4)15-9;1-4-7-5-8(6-9(11)12)14-10(2,3)13-7;;;;/h1,9-10H,6-8H2,2-4H3;1,7-8H,5-6H2,2-3H3,(H,11,12);2*1H4;2*1H2/t9-,10-;7-,8-;;;;/m11..../s1. The van der Waals surface area contributed by atoms with E-state index in [4.69, 9.17) is 41.6 Å². The van der Waals surface area contributed by atoms with Crippen molar-refractivity contribution >= 4 is 38.9 Å². The third-order valence-electron chi connectivity index (χ3n) is 4.18. The van der Waals surface area contributed by atoms with Gasteiger partial charge in [-0.05, 0) is 34.6 Å². The Hall–Kier alpha value is -1.40. The van der Waals surface area contributed by atoms with Crippen LogP contribution in [0.25, 0.3) is 0 Å². The number of aliphatic carboxylic acids is 1. The van der Waals surface area contributed by atoms with Crippen molar-refractivity contribution in [2.75, 3.05) is 6.61 Å². The number of ether oxygens (including phenoxy) is 5. The lowest BCUT2D eigenvalue weighted by atomic mass is 10.1. The van der Waals surface area contributed by atoms with Crippen LogP contribution in [0.5, 0.6) is 0 Å². The minimum absolute atomic E-state index is 0. The molecule has 2 fully saturated rings. The molecule has 0 saturated carbocycles. The highest BCUT2D eigenvalue weighted by Crippen LogP contribution is 2.29. The number of carbonyl (C=O) groups excluding carboxylic acids is 1. The Morgan fingerprint density at radius 2 is 1.26 bits per heavy atom. The van der Waals surface area contributed by atoms with E-state index < -0.39 is 17.5 Å². The average molecular weight is 525 g/mol.